The lowest BCUT2D eigenvalue weighted by Crippen LogP contribution is -2.41. The Kier molecular flexibility index (Phi) is 4.95. The molecule has 1 amide bonds. The number of benzene rings is 2. The number of amides is 1. The highest BCUT2D eigenvalue weighted by atomic mass is 16.7. The molecular weight excluding hydrogens is 337 g/mol. The molecule has 3 rings (SSSR count). The maximum atomic E-state index is 12.7. The first-order chi connectivity index (χ1) is 12.5. The standard InChI is InChI=1S/C22H28BNO3/c1-14-10-15(2)12-17(11-14)20(25)24-18-9-8-16(3)19(13-18)23-26-21(4,5)22(6,7)27-23/h8-13H,1-7H3,(H,24,25). The predicted molar refractivity (Wildman–Crippen MR) is 111 cm³/mol. The molecule has 1 aliphatic heterocycles. The zero-order valence-electron chi connectivity index (χ0n) is 17.3. The number of carbonyl (C=O) groups is 1. The number of anilines is 1. The van der Waals surface area contributed by atoms with Gasteiger partial charge >= 0.3 is 7.12 Å². The van der Waals surface area contributed by atoms with Crippen molar-refractivity contribution in [3.8, 4) is 0 Å². The summed E-state index contributed by atoms with van der Waals surface area (Å²) in [5.41, 5.74) is 4.73. The van der Waals surface area contributed by atoms with Crippen LogP contribution < -0.4 is 10.8 Å². The first-order valence-corrected chi connectivity index (χ1v) is 9.34. The summed E-state index contributed by atoms with van der Waals surface area (Å²) in [6.45, 7) is 14.2. The SMILES string of the molecule is Cc1cc(C)cc(C(=O)Nc2ccc(C)c(B3OC(C)(C)C(C)(C)O3)c2)c1. The Bertz CT molecular complexity index is 853. The van der Waals surface area contributed by atoms with Crippen molar-refractivity contribution < 1.29 is 14.1 Å². The molecule has 27 heavy (non-hydrogen) atoms. The fourth-order valence-corrected chi connectivity index (χ4v) is 3.25. The molecule has 0 bridgehead atoms. The van der Waals surface area contributed by atoms with Gasteiger partial charge in [0.2, 0.25) is 0 Å². The van der Waals surface area contributed by atoms with E-state index in [2.05, 4.69) is 11.4 Å². The largest absolute Gasteiger partial charge is 0.495 e. The monoisotopic (exact) mass is 365 g/mol. The number of carbonyl (C=O) groups excluding carboxylic acids is 1. The Labute approximate surface area is 162 Å². The van der Waals surface area contributed by atoms with E-state index in [-0.39, 0.29) is 5.91 Å². The number of nitrogens with one attached hydrogen (secondary N) is 1. The van der Waals surface area contributed by atoms with E-state index in [0.29, 0.717) is 5.56 Å². The van der Waals surface area contributed by atoms with E-state index in [1.54, 1.807) is 0 Å². The van der Waals surface area contributed by atoms with E-state index in [0.717, 1.165) is 27.8 Å². The van der Waals surface area contributed by atoms with Gasteiger partial charge in [-0.25, -0.2) is 0 Å². The van der Waals surface area contributed by atoms with Crippen LogP contribution in [0.1, 0.15) is 54.7 Å². The van der Waals surface area contributed by atoms with Crippen LogP contribution in [0.4, 0.5) is 5.69 Å². The molecule has 1 fully saturated rings. The minimum Gasteiger partial charge on any atom is -0.399 e. The Hall–Kier alpha value is -2.11. The highest BCUT2D eigenvalue weighted by molar-refractivity contribution is 6.62. The summed E-state index contributed by atoms with van der Waals surface area (Å²) in [4.78, 5) is 12.7. The average molecular weight is 365 g/mol. The quantitative estimate of drug-likeness (QED) is 0.831. The molecule has 142 valence electrons. The summed E-state index contributed by atoms with van der Waals surface area (Å²) in [7, 11) is -0.451. The molecule has 0 aromatic heterocycles. The lowest BCUT2D eigenvalue weighted by molar-refractivity contribution is 0.00578. The molecule has 0 unspecified atom stereocenters. The van der Waals surface area contributed by atoms with Crippen LogP contribution in [0.15, 0.2) is 36.4 Å². The molecule has 1 N–H and O–H groups in total. The van der Waals surface area contributed by atoms with E-state index in [9.17, 15) is 4.79 Å². The van der Waals surface area contributed by atoms with Crippen LogP contribution in [0.2, 0.25) is 0 Å². The minimum atomic E-state index is -0.451. The summed E-state index contributed by atoms with van der Waals surface area (Å²) in [5.74, 6) is -0.120. The smallest absolute Gasteiger partial charge is 0.399 e. The molecule has 0 atom stereocenters. The van der Waals surface area contributed by atoms with Gasteiger partial charge < -0.3 is 14.6 Å². The first kappa shape index (κ1) is 19.7. The number of hydrogen-bond donors (Lipinski definition) is 1. The van der Waals surface area contributed by atoms with E-state index in [1.165, 1.54) is 0 Å². The summed E-state index contributed by atoms with van der Waals surface area (Å²) >= 11 is 0. The molecule has 5 heteroatoms. The van der Waals surface area contributed by atoms with Gasteiger partial charge in [0.05, 0.1) is 11.2 Å². The molecular formula is C22H28BNO3. The topological polar surface area (TPSA) is 47.6 Å². The number of hydrogen-bond acceptors (Lipinski definition) is 3. The van der Waals surface area contributed by atoms with Crippen LogP contribution in [0, 0.1) is 20.8 Å². The molecule has 2 aromatic rings. The maximum Gasteiger partial charge on any atom is 0.495 e. The van der Waals surface area contributed by atoms with Crippen molar-refractivity contribution in [1.82, 2.24) is 0 Å². The maximum absolute atomic E-state index is 12.7. The molecule has 4 nitrogen and oxygen atoms in total. The van der Waals surface area contributed by atoms with Crippen LogP contribution in [0.5, 0.6) is 0 Å². The Balaban J connectivity index is 1.85. The van der Waals surface area contributed by atoms with Gasteiger partial charge in [-0.15, -0.1) is 0 Å². The average Bonchev–Trinajstić information content (AvgIpc) is 2.76. The lowest BCUT2D eigenvalue weighted by Gasteiger charge is -2.32. The van der Waals surface area contributed by atoms with Gasteiger partial charge in [-0.3, -0.25) is 4.79 Å². The second-order valence-corrected chi connectivity index (χ2v) is 8.49. The molecule has 0 aliphatic carbocycles. The predicted octanol–water partition coefficient (Wildman–Crippen LogP) is 4.16. The third-order valence-corrected chi connectivity index (χ3v) is 5.53. The van der Waals surface area contributed by atoms with Gasteiger partial charge in [-0.05, 0) is 78.2 Å². The van der Waals surface area contributed by atoms with E-state index >= 15 is 0 Å². The molecule has 0 radical (unpaired) electrons. The molecule has 2 aromatic carbocycles. The Morgan fingerprint density at radius 1 is 0.889 bits per heavy atom. The van der Waals surface area contributed by atoms with E-state index < -0.39 is 18.3 Å². The van der Waals surface area contributed by atoms with Crippen LogP contribution in [-0.2, 0) is 9.31 Å². The van der Waals surface area contributed by atoms with Crippen molar-refractivity contribution in [2.24, 2.45) is 0 Å². The number of aryl methyl sites for hydroxylation is 3. The van der Waals surface area contributed by atoms with Crippen molar-refractivity contribution in [2.45, 2.75) is 59.7 Å². The molecule has 1 aliphatic rings. The lowest BCUT2D eigenvalue weighted by atomic mass is 9.76. The molecule has 1 saturated heterocycles. The van der Waals surface area contributed by atoms with Gasteiger partial charge in [0.15, 0.2) is 0 Å². The fourth-order valence-electron chi connectivity index (χ4n) is 3.25. The second kappa shape index (κ2) is 6.81. The number of rotatable bonds is 3. The highest BCUT2D eigenvalue weighted by Crippen LogP contribution is 2.36. The second-order valence-electron chi connectivity index (χ2n) is 8.49. The molecule has 0 spiro atoms. The van der Waals surface area contributed by atoms with E-state index in [4.69, 9.17) is 9.31 Å². The van der Waals surface area contributed by atoms with Crippen LogP contribution in [-0.4, -0.2) is 24.2 Å². The van der Waals surface area contributed by atoms with Crippen molar-refractivity contribution in [3.05, 3.63) is 58.7 Å². The Morgan fingerprint density at radius 3 is 2.00 bits per heavy atom. The Morgan fingerprint density at radius 2 is 1.44 bits per heavy atom. The van der Waals surface area contributed by atoms with Crippen LogP contribution in [0.3, 0.4) is 0 Å². The summed E-state index contributed by atoms with van der Waals surface area (Å²) < 4.78 is 12.3. The zero-order valence-corrected chi connectivity index (χ0v) is 17.3. The van der Waals surface area contributed by atoms with Gasteiger partial charge in [-0.1, -0.05) is 28.8 Å². The fraction of sp³-hybridized carbons (Fsp3) is 0.409. The zero-order chi connectivity index (χ0) is 20.0. The van der Waals surface area contributed by atoms with Gasteiger partial charge in [0.25, 0.3) is 5.91 Å². The van der Waals surface area contributed by atoms with E-state index in [1.807, 2.05) is 78.8 Å². The summed E-state index contributed by atoms with van der Waals surface area (Å²) in [6.07, 6.45) is 0. The third-order valence-electron chi connectivity index (χ3n) is 5.53. The summed E-state index contributed by atoms with van der Waals surface area (Å²) in [6, 6.07) is 11.7. The van der Waals surface area contributed by atoms with Crippen molar-refractivity contribution in [1.29, 1.82) is 0 Å². The normalized spacial score (nSPS) is 17.8. The van der Waals surface area contributed by atoms with Crippen LogP contribution >= 0.6 is 0 Å². The highest BCUT2D eigenvalue weighted by Gasteiger charge is 2.52. The van der Waals surface area contributed by atoms with Gasteiger partial charge in [0.1, 0.15) is 0 Å². The van der Waals surface area contributed by atoms with Gasteiger partial charge in [0, 0.05) is 11.3 Å². The van der Waals surface area contributed by atoms with Crippen LogP contribution in [0.25, 0.3) is 0 Å². The van der Waals surface area contributed by atoms with Gasteiger partial charge in [-0.2, -0.15) is 0 Å². The first-order valence-electron chi connectivity index (χ1n) is 9.34. The summed E-state index contributed by atoms with van der Waals surface area (Å²) in [5, 5.41) is 3.00. The molecule has 0 saturated carbocycles. The molecule has 1 heterocycles. The minimum absolute atomic E-state index is 0.120. The third kappa shape index (κ3) is 3.94. The van der Waals surface area contributed by atoms with Crippen molar-refractivity contribution in [2.75, 3.05) is 5.32 Å². The van der Waals surface area contributed by atoms with Crippen molar-refractivity contribution in [3.63, 3.8) is 0 Å². The van der Waals surface area contributed by atoms with Crippen molar-refractivity contribution >= 4 is 24.2 Å².